The number of hydrogen-bond acceptors (Lipinski definition) is 5. The highest BCUT2D eigenvalue weighted by Crippen LogP contribution is 2.04. The van der Waals surface area contributed by atoms with Crippen molar-refractivity contribution in [3.8, 4) is 0 Å². The fraction of sp³-hybridized carbons (Fsp3) is 0.538. The first kappa shape index (κ1) is 13.3. The standard InChI is InChI=1S/C13H19N5O2/c14-9-11-10-16(7-8-20-11)5-6-18-13(19)17-4-2-1-3-12(17)15-18/h1-4,11H,5-10,14H2. The molecule has 3 rings (SSSR count). The van der Waals surface area contributed by atoms with Crippen molar-refractivity contribution >= 4 is 5.65 Å². The van der Waals surface area contributed by atoms with Gasteiger partial charge in [-0.05, 0) is 12.1 Å². The molecule has 1 saturated heterocycles. The third-order valence-corrected chi connectivity index (χ3v) is 3.60. The molecule has 108 valence electrons. The number of aromatic nitrogens is 3. The van der Waals surface area contributed by atoms with Gasteiger partial charge < -0.3 is 10.5 Å². The predicted molar refractivity (Wildman–Crippen MR) is 74.7 cm³/mol. The van der Waals surface area contributed by atoms with E-state index in [1.54, 1.807) is 10.6 Å². The van der Waals surface area contributed by atoms with Crippen LogP contribution in [0.1, 0.15) is 0 Å². The summed E-state index contributed by atoms with van der Waals surface area (Å²) in [6.45, 7) is 4.28. The molecular weight excluding hydrogens is 258 g/mol. The van der Waals surface area contributed by atoms with E-state index in [9.17, 15) is 4.79 Å². The highest BCUT2D eigenvalue weighted by molar-refractivity contribution is 5.35. The summed E-state index contributed by atoms with van der Waals surface area (Å²) in [6, 6.07) is 5.53. The van der Waals surface area contributed by atoms with Crippen molar-refractivity contribution < 1.29 is 4.74 Å². The lowest BCUT2D eigenvalue weighted by molar-refractivity contribution is -0.0243. The number of nitrogens with zero attached hydrogens (tertiary/aromatic N) is 4. The van der Waals surface area contributed by atoms with Crippen LogP contribution in [0, 0.1) is 0 Å². The molecule has 2 aromatic rings. The summed E-state index contributed by atoms with van der Waals surface area (Å²) in [7, 11) is 0. The summed E-state index contributed by atoms with van der Waals surface area (Å²) in [4.78, 5) is 14.4. The van der Waals surface area contributed by atoms with E-state index in [0.717, 1.165) is 19.6 Å². The van der Waals surface area contributed by atoms with Gasteiger partial charge in [0.25, 0.3) is 0 Å². The van der Waals surface area contributed by atoms with E-state index in [1.807, 2.05) is 18.2 Å². The van der Waals surface area contributed by atoms with Crippen LogP contribution in [0.5, 0.6) is 0 Å². The molecule has 0 amide bonds. The van der Waals surface area contributed by atoms with E-state index in [0.29, 0.717) is 25.3 Å². The van der Waals surface area contributed by atoms with Crippen LogP contribution in [-0.2, 0) is 11.3 Å². The Hall–Kier alpha value is -1.70. The lowest BCUT2D eigenvalue weighted by Gasteiger charge is -2.32. The summed E-state index contributed by atoms with van der Waals surface area (Å²) < 4.78 is 8.60. The first-order valence-corrected chi connectivity index (χ1v) is 6.86. The molecule has 7 heteroatoms. The minimum atomic E-state index is -0.0933. The normalized spacial score (nSPS) is 20.6. The Morgan fingerprint density at radius 3 is 3.10 bits per heavy atom. The van der Waals surface area contributed by atoms with Crippen LogP contribution in [0.4, 0.5) is 0 Å². The lowest BCUT2D eigenvalue weighted by Crippen LogP contribution is -2.46. The van der Waals surface area contributed by atoms with Gasteiger partial charge in [0, 0.05) is 32.4 Å². The van der Waals surface area contributed by atoms with Crippen molar-refractivity contribution in [1.29, 1.82) is 0 Å². The monoisotopic (exact) mass is 277 g/mol. The molecule has 0 aromatic carbocycles. The second kappa shape index (κ2) is 5.74. The topological polar surface area (TPSA) is 77.8 Å². The van der Waals surface area contributed by atoms with Crippen molar-refractivity contribution in [2.75, 3.05) is 32.8 Å². The van der Waals surface area contributed by atoms with Gasteiger partial charge in [0.05, 0.1) is 19.3 Å². The van der Waals surface area contributed by atoms with Gasteiger partial charge in [-0.3, -0.25) is 9.30 Å². The van der Waals surface area contributed by atoms with Crippen molar-refractivity contribution in [3.05, 3.63) is 34.9 Å². The quantitative estimate of drug-likeness (QED) is 0.788. The molecule has 20 heavy (non-hydrogen) atoms. The maximum atomic E-state index is 12.1. The Balaban J connectivity index is 1.68. The molecule has 0 bridgehead atoms. The zero-order chi connectivity index (χ0) is 13.9. The Labute approximate surface area is 116 Å². The van der Waals surface area contributed by atoms with Crippen LogP contribution < -0.4 is 11.4 Å². The van der Waals surface area contributed by atoms with Crippen LogP contribution in [0.3, 0.4) is 0 Å². The highest BCUT2D eigenvalue weighted by Gasteiger charge is 2.19. The van der Waals surface area contributed by atoms with E-state index in [1.165, 1.54) is 4.68 Å². The van der Waals surface area contributed by atoms with Gasteiger partial charge in [-0.2, -0.15) is 0 Å². The Bertz CT molecular complexity index is 635. The molecule has 1 atom stereocenters. The number of nitrogens with two attached hydrogens (primary N) is 1. The third kappa shape index (κ3) is 2.60. The molecule has 1 aliphatic rings. The zero-order valence-corrected chi connectivity index (χ0v) is 11.3. The molecule has 0 saturated carbocycles. The van der Waals surface area contributed by atoms with E-state index >= 15 is 0 Å². The van der Waals surface area contributed by atoms with Crippen LogP contribution in [0.2, 0.25) is 0 Å². The van der Waals surface area contributed by atoms with Gasteiger partial charge in [0.2, 0.25) is 0 Å². The molecular formula is C13H19N5O2. The largest absolute Gasteiger partial charge is 0.374 e. The molecule has 1 unspecified atom stereocenters. The van der Waals surface area contributed by atoms with E-state index in [-0.39, 0.29) is 11.8 Å². The second-order valence-electron chi connectivity index (χ2n) is 4.96. The number of fused-ring (bicyclic) bond motifs is 1. The first-order chi connectivity index (χ1) is 9.78. The fourth-order valence-electron chi connectivity index (χ4n) is 2.48. The average molecular weight is 277 g/mol. The van der Waals surface area contributed by atoms with Crippen molar-refractivity contribution in [2.45, 2.75) is 12.6 Å². The molecule has 2 N–H and O–H groups in total. The highest BCUT2D eigenvalue weighted by atomic mass is 16.5. The molecule has 0 radical (unpaired) electrons. The molecule has 1 aliphatic heterocycles. The van der Waals surface area contributed by atoms with Crippen molar-refractivity contribution in [1.82, 2.24) is 19.1 Å². The molecule has 1 fully saturated rings. The summed E-state index contributed by atoms with van der Waals surface area (Å²) in [5, 5.41) is 4.32. The lowest BCUT2D eigenvalue weighted by atomic mass is 10.3. The predicted octanol–water partition coefficient (Wildman–Crippen LogP) is -0.844. The van der Waals surface area contributed by atoms with Gasteiger partial charge in [0.15, 0.2) is 5.65 Å². The Kier molecular flexibility index (Phi) is 3.81. The molecule has 2 aromatic heterocycles. The first-order valence-electron chi connectivity index (χ1n) is 6.86. The van der Waals surface area contributed by atoms with Gasteiger partial charge in [0.1, 0.15) is 0 Å². The summed E-state index contributed by atoms with van der Waals surface area (Å²) >= 11 is 0. The van der Waals surface area contributed by atoms with E-state index in [2.05, 4.69) is 10.00 Å². The van der Waals surface area contributed by atoms with Gasteiger partial charge in [-0.25, -0.2) is 9.48 Å². The smallest absolute Gasteiger partial charge is 0.350 e. The van der Waals surface area contributed by atoms with Crippen molar-refractivity contribution in [3.63, 3.8) is 0 Å². The van der Waals surface area contributed by atoms with E-state index in [4.69, 9.17) is 10.5 Å². The molecule has 0 spiro atoms. The van der Waals surface area contributed by atoms with Crippen LogP contribution >= 0.6 is 0 Å². The minimum Gasteiger partial charge on any atom is -0.374 e. The number of morpholine rings is 1. The maximum absolute atomic E-state index is 12.1. The SMILES string of the molecule is NCC1CN(CCn2nc3ccccn3c2=O)CCO1. The Morgan fingerprint density at radius 1 is 1.40 bits per heavy atom. The Morgan fingerprint density at radius 2 is 2.30 bits per heavy atom. The van der Waals surface area contributed by atoms with Gasteiger partial charge in [-0.15, -0.1) is 5.10 Å². The fourth-order valence-corrected chi connectivity index (χ4v) is 2.48. The van der Waals surface area contributed by atoms with E-state index < -0.39 is 0 Å². The van der Waals surface area contributed by atoms with Crippen LogP contribution in [-0.4, -0.2) is 58.0 Å². The van der Waals surface area contributed by atoms with Gasteiger partial charge >= 0.3 is 5.69 Å². The average Bonchev–Trinajstić information content (AvgIpc) is 2.82. The van der Waals surface area contributed by atoms with Crippen molar-refractivity contribution in [2.24, 2.45) is 5.73 Å². The molecule has 0 aliphatic carbocycles. The number of pyridine rings is 1. The third-order valence-electron chi connectivity index (χ3n) is 3.60. The maximum Gasteiger partial charge on any atom is 0.350 e. The minimum absolute atomic E-state index is 0.0933. The number of rotatable bonds is 4. The number of hydrogen-bond donors (Lipinski definition) is 1. The number of ether oxygens (including phenoxy) is 1. The zero-order valence-electron chi connectivity index (χ0n) is 11.3. The summed E-state index contributed by atoms with van der Waals surface area (Å²) in [5.74, 6) is 0. The van der Waals surface area contributed by atoms with Gasteiger partial charge in [-0.1, -0.05) is 6.07 Å². The van der Waals surface area contributed by atoms with Crippen LogP contribution in [0.25, 0.3) is 5.65 Å². The second-order valence-corrected chi connectivity index (χ2v) is 4.96. The van der Waals surface area contributed by atoms with Crippen LogP contribution in [0.15, 0.2) is 29.2 Å². The molecule has 7 nitrogen and oxygen atoms in total. The summed E-state index contributed by atoms with van der Waals surface area (Å²) in [5.41, 5.74) is 6.21. The molecule has 3 heterocycles. The summed E-state index contributed by atoms with van der Waals surface area (Å²) in [6.07, 6.45) is 1.84.